The lowest BCUT2D eigenvalue weighted by atomic mass is 10.1. The molecule has 0 aliphatic rings. The zero-order valence-corrected chi connectivity index (χ0v) is 15.8. The van der Waals surface area contributed by atoms with Crippen LogP contribution in [0.2, 0.25) is 0 Å². The average molecular weight is 355 g/mol. The van der Waals surface area contributed by atoms with E-state index in [4.69, 9.17) is 21.7 Å². The Balaban J connectivity index is 2.11. The molecule has 1 aromatic heterocycles. The largest absolute Gasteiger partial charge is 0.493 e. The van der Waals surface area contributed by atoms with E-state index < -0.39 is 0 Å². The van der Waals surface area contributed by atoms with Crippen LogP contribution >= 0.6 is 12.2 Å². The number of nitrogens with zero attached hydrogens (tertiary/aromatic N) is 2. The van der Waals surface area contributed by atoms with E-state index in [2.05, 4.69) is 40.0 Å². The maximum Gasteiger partial charge on any atom is 0.163 e. The van der Waals surface area contributed by atoms with Crippen molar-refractivity contribution >= 4 is 33.8 Å². The van der Waals surface area contributed by atoms with E-state index in [1.807, 2.05) is 26.2 Å². The van der Waals surface area contributed by atoms with E-state index in [0.29, 0.717) is 22.2 Å². The molecule has 0 radical (unpaired) electrons. The molecule has 0 bridgehead atoms. The van der Waals surface area contributed by atoms with Crippen molar-refractivity contribution in [2.45, 2.75) is 6.92 Å². The molecule has 25 heavy (non-hydrogen) atoms. The summed E-state index contributed by atoms with van der Waals surface area (Å²) in [5.74, 6) is 1.96. The van der Waals surface area contributed by atoms with Gasteiger partial charge in [0.2, 0.25) is 0 Å². The molecule has 1 heterocycles. The third-order valence-electron chi connectivity index (χ3n) is 4.08. The highest BCUT2D eigenvalue weighted by atomic mass is 32.1. The molecule has 0 spiro atoms. The molecule has 0 amide bonds. The average Bonchev–Trinajstić information content (AvgIpc) is 3.02. The minimum Gasteiger partial charge on any atom is -0.493 e. The number of aromatic amines is 1. The summed E-state index contributed by atoms with van der Waals surface area (Å²) in [4.78, 5) is 10.7. The normalized spacial score (nSPS) is 10.8. The molecular formula is C19H21N3O2S. The number of nitrogens with one attached hydrogen (secondary N) is 1. The standard InChI is InChI=1S/C19H21N3O2S/c1-11-6-7-15(22(2)3)12(8-11)18(25)19-20-13-9-16(23-4)17(24-5)10-14(13)21-19/h6-10H,1-5H3,(H,20,21). The molecular weight excluding hydrogens is 334 g/mol. The predicted octanol–water partition coefficient (Wildman–Crippen LogP) is 3.72. The highest BCUT2D eigenvalue weighted by Gasteiger charge is 2.17. The van der Waals surface area contributed by atoms with E-state index in [0.717, 1.165) is 27.8 Å². The lowest BCUT2D eigenvalue weighted by molar-refractivity contribution is 0.356. The Bertz CT molecular complexity index is 906. The van der Waals surface area contributed by atoms with Gasteiger partial charge in [0.1, 0.15) is 5.82 Å². The zero-order valence-electron chi connectivity index (χ0n) is 15.0. The minimum absolute atomic E-state index is 0.642. The Labute approximate surface area is 152 Å². The summed E-state index contributed by atoms with van der Waals surface area (Å²) in [5.41, 5.74) is 4.84. The quantitative estimate of drug-likeness (QED) is 0.558. The number of thiocarbonyl (C=S) groups is 1. The Morgan fingerprint density at radius 1 is 1.08 bits per heavy atom. The van der Waals surface area contributed by atoms with Gasteiger partial charge in [-0.05, 0) is 19.1 Å². The molecule has 1 N–H and O–H groups in total. The summed E-state index contributed by atoms with van der Waals surface area (Å²) in [7, 11) is 7.23. The molecule has 130 valence electrons. The number of H-pyrrole nitrogens is 1. The number of aromatic nitrogens is 2. The van der Waals surface area contributed by atoms with Crippen molar-refractivity contribution in [2.75, 3.05) is 33.2 Å². The topological polar surface area (TPSA) is 50.4 Å². The molecule has 0 saturated carbocycles. The number of benzene rings is 2. The smallest absolute Gasteiger partial charge is 0.163 e. The van der Waals surface area contributed by atoms with Crippen LogP contribution in [0.15, 0.2) is 30.3 Å². The van der Waals surface area contributed by atoms with Gasteiger partial charge in [-0.15, -0.1) is 0 Å². The van der Waals surface area contributed by atoms with Crippen molar-refractivity contribution in [3.05, 3.63) is 47.3 Å². The van der Waals surface area contributed by atoms with Crippen LogP contribution in [-0.2, 0) is 0 Å². The first-order chi connectivity index (χ1) is 11.9. The fraction of sp³-hybridized carbons (Fsp3) is 0.263. The van der Waals surface area contributed by atoms with E-state index >= 15 is 0 Å². The van der Waals surface area contributed by atoms with Gasteiger partial charge in [0, 0.05) is 37.5 Å². The maximum atomic E-state index is 5.73. The molecule has 6 heteroatoms. The van der Waals surface area contributed by atoms with Crippen LogP contribution in [0, 0.1) is 6.92 Å². The number of fused-ring (bicyclic) bond motifs is 1. The van der Waals surface area contributed by atoms with Crippen LogP contribution in [0.3, 0.4) is 0 Å². The molecule has 3 rings (SSSR count). The number of hydrogen-bond donors (Lipinski definition) is 1. The second kappa shape index (κ2) is 6.72. The monoisotopic (exact) mass is 355 g/mol. The van der Waals surface area contributed by atoms with Gasteiger partial charge >= 0.3 is 0 Å². The lowest BCUT2D eigenvalue weighted by Gasteiger charge is -2.18. The van der Waals surface area contributed by atoms with Gasteiger partial charge in [0.05, 0.1) is 30.1 Å². The number of methoxy groups -OCH3 is 2. The summed E-state index contributed by atoms with van der Waals surface area (Å²) in [5, 5.41) is 0. The third-order valence-corrected chi connectivity index (χ3v) is 4.49. The van der Waals surface area contributed by atoms with Crippen molar-refractivity contribution in [3.8, 4) is 11.5 Å². The van der Waals surface area contributed by atoms with Crippen LogP contribution < -0.4 is 14.4 Å². The Kier molecular flexibility index (Phi) is 4.63. The Morgan fingerprint density at radius 2 is 1.76 bits per heavy atom. The van der Waals surface area contributed by atoms with E-state index in [-0.39, 0.29) is 0 Å². The number of anilines is 1. The molecule has 0 aliphatic carbocycles. The van der Waals surface area contributed by atoms with E-state index in [1.165, 1.54) is 0 Å². The highest BCUT2D eigenvalue weighted by molar-refractivity contribution is 7.81. The second-order valence-corrected chi connectivity index (χ2v) is 6.46. The predicted molar refractivity (Wildman–Crippen MR) is 106 cm³/mol. The van der Waals surface area contributed by atoms with Gasteiger partial charge in [0.15, 0.2) is 11.5 Å². The van der Waals surface area contributed by atoms with Gasteiger partial charge < -0.3 is 19.4 Å². The van der Waals surface area contributed by atoms with Gasteiger partial charge in [0.25, 0.3) is 0 Å². The number of aryl methyl sites for hydroxylation is 1. The first-order valence-electron chi connectivity index (χ1n) is 7.89. The number of ether oxygens (including phenoxy) is 2. The van der Waals surface area contributed by atoms with Crippen LogP contribution in [0.25, 0.3) is 11.0 Å². The van der Waals surface area contributed by atoms with E-state index in [1.54, 1.807) is 14.2 Å². The van der Waals surface area contributed by atoms with Gasteiger partial charge in [-0.25, -0.2) is 4.98 Å². The highest BCUT2D eigenvalue weighted by Crippen LogP contribution is 2.32. The molecule has 0 unspecified atom stereocenters. The van der Waals surface area contributed by atoms with E-state index in [9.17, 15) is 0 Å². The second-order valence-electron chi connectivity index (χ2n) is 6.05. The fourth-order valence-corrected chi connectivity index (χ4v) is 3.05. The SMILES string of the molecule is COc1cc2nc(C(=S)c3cc(C)ccc3N(C)C)[nH]c2cc1OC. The van der Waals surface area contributed by atoms with Crippen molar-refractivity contribution in [2.24, 2.45) is 0 Å². The first-order valence-corrected chi connectivity index (χ1v) is 8.30. The molecule has 0 atom stereocenters. The number of hydrogen-bond acceptors (Lipinski definition) is 5. The molecule has 2 aromatic carbocycles. The summed E-state index contributed by atoms with van der Waals surface area (Å²) < 4.78 is 10.7. The number of imidazole rings is 1. The van der Waals surface area contributed by atoms with Crippen LogP contribution in [0.1, 0.15) is 17.0 Å². The minimum atomic E-state index is 0.642. The van der Waals surface area contributed by atoms with Crippen molar-refractivity contribution in [1.29, 1.82) is 0 Å². The maximum absolute atomic E-state index is 5.73. The fourth-order valence-electron chi connectivity index (χ4n) is 2.79. The van der Waals surface area contributed by atoms with Crippen LogP contribution in [0.4, 0.5) is 5.69 Å². The van der Waals surface area contributed by atoms with Gasteiger partial charge in [-0.3, -0.25) is 0 Å². The zero-order chi connectivity index (χ0) is 18.1. The summed E-state index contributed by atoms with van der Waals surface area (Å²) >= 11 is 5.73. The van der Waals surface area contributed by atoms with Crippen LogP contribution in [-0.4, -0.2) is 43.1 Å². The molecule has 5 nitrogen and oxygen atoms in total. The third kappa shape index (κ3) is 3.17. The summed E-state index contributed by atoms with van der Waals surface area (Å²) in [6, 6.07) is 9.96. The molecule has 0 fully saturated rings. The molecule has 0 saturated heterocycles. The molecule has 0 aliphatic heterocycles. The Hall–Kier alpha value is -2.60. The molecule has 3 aromatic rings. The number of rotatable bonds is 5. The van der Waals surface area contributed by atoms with Crippen molar-refractivity contribution in [1.82, 2.24) is 9.97 Å². The van der Waals surface area contributed by atoms with Crippen molar-refractivity contribution < 1.29 is 9.47 Å². The van der Waals surface area contributed by atoms with Gasteiger partial charge in [-0.2, -0.15) is 0 Å². The van der Waals surface area contributed by atoms with Crippen LogP contribution in [0.5, 0.6) is 11.5 Å². The van der Waals surface area contributed by atoms with Gasteiger partial charge in [-0.1, -0.05) is 23.8 Å². The first kappa shape index (κ1) is 17.2. The Morgan fingerprint density at radius 3 is 2.40 bits per heavy atom. The summed E-state index contributed by atoms with van der Waals surface area (Å²) in [6.45, 7) is 2.06. The summed E-state index contributed by atoms with van der Waals surface area (Å²) in [6.07, 6.45) is 0. The van der Waals surface area contributed by atoms with Crippen molar-refractivity contribution in [3.63, 3.8) is 0 Å². The lowest BCUT2D eigenvalue weighted by Crippen LogP contribution is -2.14.